The summed E-state index contributed by atoms with van der Waals surface area (Å²) in [6.45, 7) is -1.40. The minimum atomic E-state index is -4.49. The van der Waals surface area contributed by atoms with E-state index in [0.717, 1.165) is 11.3 Å². The van der Waals surface area contributed by atoms with E-state index in [1.165, 1.54) is 17.0 Å². The van der Waals surface area contributed by atoms with E-state index < -0.39 is 56.1 Å². The van der Waals surface area contributed by atoms with Gasteiger partial charge in [-0.05, 0) is 61.7 Å². The summed E-state index contributed by atoms with van der Waals surface area (Å²) in [5, 5.41) is 14.4. The first kappa shape index (κ1) is 32.7. The highest BCUT2D eigenvalue weighted by molar-refractivity contribution is 7.15. The number of hydrogen-bond donors (Lipinski definition) is 2. The summed E-state index contributed by atoms with van der Waals surface area (Å²) < 4.78 is 82.5. The van der Waals surface area contributed by atoms with Gasteiger partial charge >= 0.3 is 12.4 Å². The van der Waals surface area contributed by atoms with Crippen LogP contribution in [0.5, 0.6) is 5.75 Å². The maximum absolute atomic E-state index is 12.9. The van der Waals surface area contributed by atoms with E-state index >= 15 is 0 Å². The van der Waals surface area contributed by atoms with E-state index in [1.54, 1.807) is 36.4 Å². The number of hydrogen-bond acceptors (Lipinski definition) is 7. The molecule has 0 saturated carbocycles. The van der Waals surface area contributed by atoms with Crippen LogP contribution in [0, 0.1) is 11.3 Å². The number of thiazole rings is 1. The Bertz CT molecular complexity index is 1480. The molecule has 4 rings (SSSR count). The number of benzene rings is 2. The Morgan fingerprint density at radius 2 is 1.70 bits per heavy atom. The van der Waals surface area contributed by atoms with Crippen LogP contribution in [-0.2, 0) is 17.6 Å². The third-order valence-corrected chi connectivity index (χ3v) is 7.81. The molecule has 44 heavy (non-hydrogen) atoms. The fraction of sp³-hybridized carbons (Fsp3) is 0.379. The number of nitriles is 1. The maximum Gasteiger partial charge on any atom is 0.390 e. The molecule has 0 fully saturated rings. The summed E-state index contributed by atoms with van der Waals surface area (Å²) in [6, 6.07) is 13.8. The number of aryl methyl sites for hydroxylation is 1. The quantitative estimate of drug-likeness (QED) is 0.237. The second kappa shape index (κ2) is 14.1. The number of carbonyl (C=O) groups is 2. The van der Waals surface area contributed by atoms with Gasteiger partial charge in [0.1, 0.15) is 5.75 Å². The molecule has 1 aliphatic rings. The second-order valence-corrected chi connectivity index (χ2v) is 11.1. The van der Waals surface area contributed by atoms with Gasteiger partial charge in [-0.25, -0.2) is 4.98 Å². The fourth-order valence-electron chi connectivity index (χ4n) is 4.61. The van der Waals surface area contributed by atoms with E-state index in [0.29, 0.717) is 34.7 Å². The van der Waals surface area contributed by atoms with Crippen LogP contribution in [0.4, 0.5) is 37.2 Å². The molecule has 2 N–H and O–H groups in total. The summed E-state index contributed by atoms with van der Waals surface area (Å²) in [6.07, 6.45) is -10.5. The van der Waals surface area contributed by atoms with Gasteiger partial charge in [-0.1, -0.05) is 6.07 Å². The van der Waals surface area contributed by atoms with Gasteiger partial charge in [0.2, 0.25) is 0 Å². The molecule has 0 radical (unpaired) electrons. The Hall–Kier alpha value is -4.16. The normalized spacial score (nSPS) is 14.9. The maximum atomic E-state index is 12.9. The first-order chi connectivity index (χ1) is 20.8. The molecular weight excluding hydrogens is 612 g/mol. The van der Waals surface area contributed by atoms with E-state index in [2.05, 4.69) is 15.6 Å². The highest BCUT2D eigenvalue weighted by Gasteiger charge is 2.35. The molecule has 0 saturated heterocycles. The van der Waals surface area contributed by atoms with E-state index in [1.807, 2.05) is 6.07 Å². The topological polar surface area (TPSA) is 107 Å². The van der Waals surface area contributed by atoms with Crippen LogP contribution in [0.1, 0.15) is 45.8 Å². The molecule has 1 atom stereocenters. The average molecular weight is 640 g/mol. The van der Waals surface area contributed by atoms with Crippen molar-refractivity contribution in [3.63, 3.8) is 0 Å². The van der Waals surface area contributed by atoms with E-state index in [-0.39, 0.29) is 29.5 Å². The molecular formula is C29H27F6N5O3S. The number of ether oxygens (including phenoxy) is 1. The van der Waals surface area contributed by atoms with Crippen molar-refractivity contribution in [2.45, 2.75) is 50.5 Å². The molecule has 1 aromatic heterocycles. The molecule has 1 heterocycles. The Balaban J connectivity index is 1.33. The van der Waals surface area contributed by atoms with Crippen molar-refractivity contribution in [2.75, 3.05) is 30.3 Å². The van der Waals surface area contributed by atoms with Gasteiger partial charge in [-0.3, -0.25) is 19.8 Å². The molecule has 0 aliphatic heterocycles. The lowest BCUT2D eigenvalue weighted by Gasteiger charge is -2.34. The van der Waals surface area contributed by atoms with E-state index in [9.17, 15) is 35.9 Å². The first-order valence-corrected chi connectivity index (χ1v) is 14.3. The molecule has 2 aromatic carbocycles. The zero-order chi connectivity index (χ0) is 31.9. The van der Waals surface area contributed by atoms with Crippen molar-refractivity contribution in [3.8, 4) is 11.8 Å². The standard InChI is InChI=1S/C29H27F6N5O3S/c30-28(31,32)10-12-40(13-11-29(33,34)35)21-8-9-23-24(15-21)44-27(38-23)39-26(42)19-2-1-3-22(14-19)43-17-25(41)37-20-6-4-18(16-36)5-7-20/h1-7,14,21H,8-13,15,17H2,(H,37,41)(H,38,39,42)/t21-/m0/s1. The summed E-state index contributed by atoms with van der Waals surface area (Å²) in [5.74, 6) is -0.713. The zero-order valence-corrected chi connectivity index (χ0v) is 23.9. The number of nitrogens with zero attached hydrogens (tertiary/aromatic N) is 3. The molecule has 3 aromatic rings. The van der Waals surface area contributed by atoms with Crippen molar-refractivity contribution < 1.29 is 40.7 Å². The molecule has 0 spiro atoms. The third kappa shape index (κ3) is 9.95. The number of halogens is 6. The number of amides is 2. The van der Waals surface area contributed by atoms with Gasteiger partial charge in [0.25, 0.3) is 11.8 Å². The van der Waals surface area contributed by atoms with Gasteiger partial charge in [-0.15, -0.1) is 11.3 Å². The third-order valence-electron chi connectivity index (χ3n) is 6.78. The first-order valence-electron chi connectivity index (χ1n) is 13.5. The molecule has 2 amide bonds. The number of fused-ring (bicyclic) bond motifs is 1. The zero-order valence-electron chi connectivity index (χ0n) is 23.1. The molecule has 0 bridgehead atoms. The molecule has 234 valence electrons. The lowest BCUT2D eigenvalue weighted by Crippen LogP contribution is -2.42. The number of aromatic nitrogens is 1. The lowest BCUT2D eigenvalue weighted by atomic mass is 9.96. The monoisotopic (exact) mass is 639 g/mol. The fourth-order valence-corrected chi connectivity index (χ4v) is 5.69. The van der Waals surface area contributed by atoms with Crippen molar-refractivity contribution in [2.24, 2.45) is 0 Å². The van der Waals surface area contributed by atoms with Crippen molar-refractivity contribution in [1.29, 1.82) is 5.26 Å². The Morgan fingerprint density at radius 1 is 1.02 bits per heavy atom. The van der Waals surface area contributed by atoms with Crippen LogP contribution in [-0.4, -0.2) is 59.8 Å². The van der Waals surface area contributed by atoms with Crippen molar-refractivity contribution >= 4 is 34.0 Å². The van der Waals surface area contributed by atoms with Gasteiger partial charge in [0.05, 0.1) is 30.2 Å². The average Bonchev–Trinajstić information content (AvgIpc) is 3.37. The number of carbonyl (C=O) groups excluding carboxylic acids is 2. The van der Waals surface area contributed by atoms with Crippen LogP contribution in [0.15, 0.2) is 48.5 Å². The number of rotatable bonds is 11. The van der Waals surface area contributed by atoms with Crippen molar-refractivity contribution in [1.82, 2.24) is 9.88 Å². The number of alkyl halides is 6. The predicted molar refractivity (Wildman–Crippen MR) is 151 cm³/mol. The van der Waals surface area contributed by atoms with E-state index in [4.69, 9.17) is 10.00 Å². The molecule has 15 heteroatoms. The van der Waals surface area contributed by atoms with Gasteiger partial charge in [0, 0.05) is 35.3 Å². The predicted octanol–water partition coefficient (Wildman–Crippen LogP) is 6.35. The summed E-state index contributed by atoms with van der Waals surface area (Å²) in [4.78, 5) is 31.5. The van der Waals surface area contributed by atoms with Gasteiger partial charge in [-0.2, -0.15) is 31.6 Å². The van der Waals surface area contributed by atoms with Gasteiger partial charge in [0.15, 0.2) is 11.7 Å². The minimum absolute atomic E-state index is 0.214. The minimum Gasteiger partial charge on any atom is -0.484 e. The SMILES string of the molecule is N#Cc1ccc(NC(=O)COc2cccc(C(=O)Nc3nc4c(s3)C[C@@H](N(CCC(F)(F)F)CCC(F)(F)F)CC4)c2)cc1. The lowest BCUT2D eigenvalue weighted by molar-refractivity contribution is -0.148. The summed E-state index contributed by atoms with van der Waals surface area (Å²) >= 11 is 1.13. The second-order valence-electron chi connectivity index (χ2n) is 10.1. The molecule has 8 nitrogen and oxygen atoms in total. The summed E-state index contributed by atoms with van der Waals surface area (Å²) in [5.41, 5.74) is 1.80. The smallest absolute Gasteiger partial charge is 0.390 e. The van der Waals surface area contributed by atoms with Crippen LogP contribution in [0.25, 0.3) is 0 Å². The molecule has 0 unspecified atom stereocenters. The highest BCUT2D eigenvalue weighted by atomic mass is 32.1. The summed E-state index contributed by atoms with van der Waals surface area (Å²) in [7, 11) is 0. The van der Waals surface area contributed by atoms with Crippen LogP contribution < -0.4 is 15.4 Å². The number of nitrogens with one attached hydrogen (secondary N) is 2. The van der Waals surface area contributed by atoms with Crippen LogP contribution in [0.3, 0.4) is 0 Å². The van der Waals surface area contributed by atoms with Crippen LogP contribution in [0.2, 0.25) is 0 Å². The van der Waals surface area contributed by atoms with Crippen molar-refractivity contribution in [3.05, 3.63) is 70.2 Å². The van der Waals surface area contributed by atoms with Crippen LogP contribution >= 0.6 is 11.3 Å². The number of anilines is 2. The highest BCUT2D eigenvalue weighted by Crippen LogP contribution is 2.33. The largest absolute Gasteiger partial charge is 0.484 e. The Kier molecular flexibility index (Phi) is 10.5. The Morgan fingerprint density at radius 3 is 2.34 bits per heavy atom. The molecule has 1 aliphatic carbocycles. The Labute approximate surface area is 252 Å². The van der Waals surface area contributed by atoms with Gasteiger partial charge < -0.3 is 10.1 Å².